The van der Waals surface area contributed by atoms with Gasteiger partial charge in [0.2, 0.25) is 5.60 Å². The van der Waals surface area contributed by atoms with E-state index in [1.54, 1.807) is 0 Å². The predicted octanol–water partition coefficient (Wildman–Crippen LogP) is 5.71. The number of benzene rings is 3. The van der Waals surface area contributed by atoms with Gasteiger partial charge in [0.15, 0.2) is 0 Å². The summed E-state index contributed by atoms with van der Waals surface area (Å²) in [5.74, 6) is -0.410. The molecule has 0 aliphatic heterocycles. The van der Waals surface area contributed by atoms with Gasteiger partial charge in [-0.2, -0.15) is 18.3 Å². The number of aromatic nitrogens is 2. The summed E-state index contributed by atoms with van der Waals surface area (Å²) in [6.45, 7) is 0. The monoisotopic (exact) mass is 426 g/mol. The van der Waals surface area contributed by atoms with Gasteiger partial charge in [-0.15, -0.1) is 0 Å². The van der Waals surface area contributed by atoms with Gasteiger partial charge in [-0.1, -0.05) is 12.1 Å². The van der Waals surface area contributed by atoms with E-state index < -0.39 is 17.6 Å². The van der Waals surface area contributed by atoms with Crippen molar-refractivity contribution in [2.75, 3.05) is 0 Å². The molecule has 0 radical (unpaired) electrons. The molecule has 3 aromatic carbocycles. The fourth-order valence-electron chi connectivity index (χ4n) is 3.73. The third kappa shape index (κ3) is 2.98. The Labute approximate surface area is 172 Å². The summed E-state index contributed by atoms with van der Waals surface area (Å²) in [7, 11) is 0. The van der Waals surface area contributed by atoms with Crippen molar-refractivity contribution in [3.05, 3.63) is 96.1 Å². The standard InChI is InChI=1S/C23H14F4N2O2/c24-18-3-5-19(6-4-18)29-20-7-1-16(12-15(20)13-28-29)22(30,23(25,26)27)17-2-8-21-14(11-17)9-10-31-21/h1-13,30H. The molecule has 0 fully saturated rings. The van der Waals surface area contributed by atoms with E-state index in [1.165, 1.54) is 83.9 Å². The van der Waals surface area contributed by atoms with Gasteiger partial charge >= 0.3 is 6.18 Å². The predicted molar refractivity (Wildman–Crippen MR) is 106 cm³/mol. The summed E-state index contributed by atoms with van der Waals surface area (Å²) in [6, 6.07) is 14.9. The normalized spacial score (nSPS) is 14.2. The summed E-state index contributed by atoms with van der Waals surface area (Å²) in [6.07, 6.45) is -2.21. The summed E-state index contributed by atoms with van der Waals surface area (Å²) in [5, 5.41) is 16.0. The smallest absolute Gasteiger partial charge is 0.425 e. The molecular weight excluding hydrogens is 412 g/mol. The van der Waals surface area contributed by atoms with Gasteiger partial charge in [0.05, 0.1) is 23.7 Å². The quantitative estimate of drug-likeness (QED) is 0.376. The number of nitrogens with zero attached hydrogens (tertiary/aromatic N) is 2. The molecule has 0 aliphatic rings. The zero-order valence-corrected chi connectivity index (χ0v) is 15.8. The van der Waals surface area contributed by atoms with Crippen molar-refractivity contribution in [1.82, 2.24) is 9.78 Å². The van der Waals surface area contributed by atoms with Crippen molar-refractivity contribution in [2.45, 2.75) is 11.8 Å². The summed E-state index contributed by atoms with van der Waals surface area (Å²) in [4.78, 5) is 0. The average Bonchev–Trinajstić information content (AvgIpc) is 3.38. The third-order valence-electron chi connectivity index (χ3n) is 5.34. The third-order valence-corrected chi connectivity index (χ3v) is 5.34. The molecule has 1 unspecified atom stereocenters. The number of hydrogen-bond acceptors (Lipinski definition) is 3. The molecule has 0 spiro atoms. The molecule has 2 aromatic heterocycles. The molecule has 0 aliphatic carbocycles. The molecule has 31 heavy (non-hydrogen) atoms. The lowest BCUT2D eigenvalue weighted by atomic mass is 9.84. The average molecular weight is 426 g/mol. The van der Waals surface area contributed by atoms with Crippen molar-refractivity contribution in [2.24, 2.45) is 0 Å². The Morgan fingerprint density at radius 1 is 0.839 bits per heavy atom. The van der Waals surface area contributed by atoms with Crippen molar-refractivity contribution in [1.29, 1.82) is 0 Å². The molecule has 0 saturated carbocycles. The lowest BCUT2D eigenvalue weighted by Gasteiger charge is -2.31. The Morgan fingerprint density at radius 2 is 1.52 bits per heavy atom. The van der Waals surface area contributed by atoms with E-state index in [0.717, 1.165) is 0 Å². The van der Waals surface area contributed by atoms with Crippen LogP contribution in [0.4, 0.5) is 17.6 Å². The topological polar surface area (TPSA) is 51.2 Å². The van der Waals surface area contributed by atoms with Crippen LogP contribution in [0.5, 0.6) is 0 Å². The van der Waals surface area contributed by atoms with Gasteiger partial charge in [0, 0.05) is 10.8 Å². The first-order chi connectivity index (χ1) is 14.8. The van der Waals surface area contributed by atoms with E-state index in [1.807, 2.05) is 0 Å². The molecule has 4 nitrogen and oxygen atoms in total. The Kier molecular flexibility index (Phi) is 4.16. The van der Waals surface area contributed by atoms with Crippen LogP contribution in [0.3, 0.4) is 0 Å². The van der Waals surface area contributed by atoms with E-state index in [9.17, 15) is 22.7 Å². The second kappa shape index (κ2) is 6.68. The Balaban J connectivity index is 1.66. The van der Waals surface area contributed by atoms with Crippen LogP contribution in [0.2, 0.25) is 0 Å². The Hall–Kier alpha value is -3.65. The van der Waals surface area contributed by atoms with Crippen molar-refractivity contribution < 1.29 is 27.1 Å². The van der Waals surface area contributed by atoms with Gasteiger partial charge in [-0.25, -0.2) is 9.07 Å². The SMILES string of the molecule is OC(c1ccc2occc2c1)(c1ccc2c(cnn2-c2ccc(F)cc2)c1)C(F)(F)F. The molecule has 1 N–H and O–H groups in total. The number of aliphatic hydroxyl groups is 1. The van der Waals surface area contributed by atoms with E-state index in [4.69, 9.17) is 4.42 Å². The largest absolute Gasteiger partial charge is 0.464 e. The first-order valence-electron chi connectivity index (χ1n) is 9.28. The van der Waals surface area contributed by atoms with Crippen LogP contribution in [-0.2, 0) is 5.60 Å². The zero-order chi connectivity index (χ0) is 21.8. The van der Waals surface area contributed by atoms with Crippen molar-refractivity contribution in [3.63, 3.8) is 0 Å². The molecule has 0 saturated heterocycles. The van der Waals surface area contributed by atoms with Crippen LogP contribution in [0, 0.1) is 5.82 Å². The highest BCUT2D eigenvalue weighted by atomic mass is 19.4. The molecule has 0 bridgehead atoms. The van der Waals surface area contributed by atoms with Crippen LogP contribution >= 0.6 is 0 Å². The van der Waals surface area contributed by atoms with E-state index in [0.29, 0.717) is 27.6 Å². The summed E-state index contributed by atoms with van der Waals surface area (Å²) in [5.41, 5.74) is -2.40. The van der Waals surface area contributed by atoms with Crippen LogP contribution in [0.15, 0.2) is 83.6 Å². The first kappa shape index (κ1) is 19.3. The fraction of sp³-hybridized carbons (Fsp3) is 0.0870. The number of halogens is 4. The highest BCUT2D eigenvalue weighted by Gasteiger charge is 2.56. The molecule has 5 aromatic rings. The zero-order valence-electron chi connectivity index (χ0n) is 15.8. The van der Waals surface area contributed by atoms with Crippen LogP contribution < -0.4 is 0 Å². The molecule has 1 atom stereocenters. The second-order valence-corrected chi connectivity index (χ2v) is 7.19. The Morgan fingerprint density at radius 3 is 2.23 bits per heavy atom. The Bertz CT molecular complexity index is 1400. The number of rotatable bonds is 3. The number of alkyl halides is 3. The lowest BCUT2D eigenvalue weighted by Crippen LogP contribution is -2.43. The second-order valence-electron chi connectivity index (χ2n) is 7.19. The maximum atomic E-state index is 14.2. The minimum Gasteiger partial charge on any atom is -0.464 e. The van der Waals surface area contributed by atoms with E-state index in [-0.39, 0.29) is 11.1 Å². The molecule has 156 valence electrons. The lowest BCUT2D eigenvalue weighted by molar-refractivity contribution is -0.248. The van der Waals surface area contributed by atoms with E-state index in [2.05, 4.69) is 5.10 Å². The number of hydrogen-bond donors (Lipinski definition) is 1. The summed E-state index contributed by atoms with van der Waals surface area (Å²) < 4.78 is 62.4. The molecular formula is C23H14F4N2O2. The fourth-order valence-corrected chi connectivity index (χ4v) is 3.73. The van der Waals surface area contributed by atoms with Crippen LogP contribution in [0.1, 0.15) is 11.1 Å². The van der Waals surface area contributed by atoms with Crippen molar-refractivity contribution >= 4 is 21.9 Å². The van der Waals surface area contributed by atoms with Gasteiger partial charge in [-0.3, -0.25) is 0 Å². The van der Waals surface area contributed by atoms with Crippen LogP contribution in [0.25, 0.3) is 27.6 Å². The van der Waals surface area contributed by atoms with E-state index >= 15 is 0 Å². The van der Waals surface area contributed by atoms with Crippen LogP contribution in [-0.4, -0.2) is 21.1 Å². The van der Waals surface area contributed by atoms with Gasteiger partial charge in [-0.05, 0) is 65.7 Å². The molecule has 0 amide bonds. The van der Waals surface area contributed by atoms with Crippen molar-refractivity contribution in [3.8, 4) is 5.69 Å². The van der Waals surface area contributed by atoms with Gasteiger partial charge in [0.1, 0.15) is 11.4 Å². The molecule has 8 heteroatoms. The first-order valence-corrected chi connectivity index (χ1v) is 9.28. The highest BCUT2D eigenvalue weighted by Crippen LogP contribution is 2.45. The highest BCUT2D eigenvalue weighted by molar-refractivity contribution is 5.82. The number of furan rings is 1. The van der Waals surface area contributed by atoms with Gasteiger partial charge < -0.3 is 9.52 Å². The van der Waals surface area contributed by atoms with Gasteiger partial charge in [0.25, 0.3) is 0 Å². The maximum absolute atomic E-state index is 14.2. The molecule has 5 rings (SSSR count). The maximum Gasteiger partial charge on any atom is 0.425 e. The summed E-state index contributed by atoms with van der Waals surface area (Å²) >= 11 is 0. The molecule has 2 heterocycles. The number of fused-ring (bicyclic) bond motifs is 2. The minimum atomic E-state index is -4.98. The minimum absolute atomic E-state index is 0.320.